The van der Waals surface area contributed by atoms with Gasteiger partial charge in [0.25, 0.3) is 11.1 Å². The van der Waals surface area contributed by atoms with Gasteiger partial charge in [0.2, 0.25) is 0 Å². The fourth-order valence-corrected chi connectivity index (χ4v) is 7.17. The van der Waals surface area contributed by atoms with Crippen LogP contribution in [-0.4, -0.2) is 19.9 Å². The summed E-state index contributed by atoms with van der Waals surface area (Å²) in [5.74, 6) is 1.10. The molecule has 0 aliphatic heterocycles. The molecule has 2 N–H and O–H groups in total. The van der Waals surface area contributed by atoms with E-state index in [4.69, 9.17) is 9.97 Å². The van der Waals surface area contributed by atoms with Gasteiger partial charge in [-0.1, -0.05) is 133 Å². The molecule has 0 spiro atoms. The van der Waals surface area contributed by atoms with E-state index in [1.54, 1.807) is 0 Å². The first kappa shape index (κ1) is 30.7. The van der Waals surface area contributed by atoms with Crippen molar-refractivity contribution in [1.29, 1.82) is 10.5 Å². The number of hydrogen-bond acceptors (Lipinski definition) is 8. The van der Waals surface area contributed by atoms with Crippen LogP contribution in [0.3, 0.4) is 0 Å². The normalized spacial score (nSPS) is 11.0. The molecular formula is C38H24N6O2S2. The molecule has 0 saturated heterocycles. The maximum atomic E-state index is 12.9. The van der Waals surface area contributed by atoms with Crippen molar-refractivity contribution < 1.29 is 0 Å². The molecule has 8 nitrogen and oxygen atoms in total. The number of nitrogens with zero attached hydrogens (tertiary/aromatic N) is 4. The summed E-state index contributed by atoms with van der Waals surface area (Å²) in [4.78, 5) is 40.7. The van der Waals surface area contributed by atoms with Crippen LogP contribution in [0.15, 0.2) is 129 Å². The van der Waals surface area contributed by atoms with Crippen LogP contribution in [0.4, 0.5) is 0 Å². The lowest BCUT2D eigenvalue weighted by Gasteiger charge is -2.10. The number of nitrogens with one attached hydrogen (secondary N) is 2. The largest absolute Gasteiger partial charge is 0.300 e. The molecule has 7 rings (SSSR count). The molecule has 7 aromatic rings. The lowest BCUT2D eigenvalue weighted by atomic mass is 10.00. The SMILES string of the molecule is N#Cc1c(-c2cccc3ccccc23)nc(SCc2ccc(CSc3nc(-c4cccc5ccccc45)c(C#N)c(=O)[nH]3)cc2)[nH]c1=O. The number of aromatic amines is 2. The molecule has 5 aromatic carbocycles. The minimum Gasteiger partial charge on any atom is -0.300 e. The van der Waals surface area contributed by atoms with E-state index in [2.05, 4.69) is 9.97 Å². The summed E-state index contributed by atoms with van der Waals surface area (Å²) in [5.41, 5.74) is 3.29. The summed E-state index contributed by atoms with van der Waals surface area (Å²) in [6.45, 7) is 0. The van der Waals surface area contributed by atoms with Crippen molar-refractivity contribution in [2.24, 2.45) is 0 Å². The Hall–Kier alpha value is -5.94. The Morgan fingerprint density at radius 1 is 0.542 bits per heavy atom. The zero-order valence-electron chi connectivity index (χ0n) is 25.2. The number of nitriles is 2. The van der Waals surface area contributed by atoms with Gasteiger partial charge in [0.1, 0.15) is 23.3 Å². The lowest BCUT2D eigenvalue weighted by molar-refractivity contribution is 0.934. The van der Waals surface area contributed by atoms with Gasteiger partial charge in [-0.3, -0.25) is 9.59 Å². The van der Waals surface area contributed by atoms with Gasteiger partial charge in [0.05, 0.1) is 11.4 Å². The first-order chi connectivity index (χ1) is 23.5. The van der Waals surface area contributed by atoms with Crippen LogP contribution >= 0.6 is 23.5 Å². The Bertz CT molecular complexity index is 2360. The molecule has 0 bridgehead atoms. The number of hydrogen-bond donors (Lipinski definition) is 2. The van der Waals surface area contributed by atoms with E-state index in [9.17, 15) is 20.1 Å². The highest BCUT2D eigenvalue weighted by Crippen LogP contribution is 2.32. The molecule has 0 amide bonds. The van der Waals surface area contributed by atoms with E-state index in [1.165, 1.54) is 23.5 Å². The second-order valence-corrected chi connectivity index (χ2v) is 12.8. The number of benzene rings is 5. The van der Waals surface area contributed by atoms with Crippen molar-refractivity contribution in [3.8, 4) is 34.7 Å². The molecule has 0 radical (unpaired) electrons. The molecule has 48 heavy (non-hydrogen) atoms. The van der Waals surface area contributed by atoms with E-state index in [0.717, 1.165) is 43.8 Å². The van der Waals surface area contributed by atoms with Crippen LogP contribution in [0, 0.1) is 22.7 Å². The number of rotatable bonds is 8. The average molecular weight is 661 g/mol. The molecule has 0 saturated carbocycles. The maximum absolute atomic E-state index is 12.9. The highest BCUT2D eigenvalue weighted by molar-refractivity contribution is 7.98. The molecule has 0 fully saturated rings. The topological polar surface area (TPSA) is 139 Å². The number of aromatic nitrogens is 4. The highest BCUT2D eigenvalue weighted by atomic mass is 32.2. The van der Waals surface area contributed by atoms with Crippen molar-refractivity contribution in [3.05, 3.63) is 152 Å². The molecule has 0 aliphatic carbocycles. The van der Waals surface area contributed by atoms with Crippen LogP contribution in [0.5, 0.6) is 0 Å². The Balaban J connectivity index is 1.08. The fourth-order valence-electron chi connectivity index (χ4n) is 5.54. The third-order valence-electron chi connectivity index (χ3n) is 7.88. The third kappa shape index (κ3) is 6.10. The van der Waals surface area contributed by atoms with Gasteiger partial charge in [-0.15, -0.1) is 0 Å². The Kier molecular flexibility index (Phi) is 8.59. The number of thioether (sulfide) groups is 2. The molecule has 0 aliphatic rings. The third-order valence-corrected chi connectivity index (χ3v) is 9.77. The van der Waals surface area contributed by atoms with Crippen LogP contribution in [0.2, 0.25) is 0 Å². The fraction of sp³-hybridized carbons (Fsp3) is 0.0526. The number of fused-ring (bicyclic) bond motifs is 2. The average Bonchev–Trinajstić information content (AvgIpc) is 3.12. The van der Waals surface area contributed by atoms with Crippen molar-refractivity contribution in [3.63, 3.8) is 0 Å². The summed E-state index contributed by atoms with van der Waals surface area (Å²) >= 11 is 2.77. The Morgan fingerprint density at radius 2 is 0.938 bits per heavy atom. The first-order valence-corrected chi connectivity index (χ1v) is 16.9. The molecule has 0 unspecified atom stereocenters. The van der Waals surface area contributed by atoms with Crippen molar-refractivity contribution in [2.45, 2.75) is 21.8 Å². The molecular weight excluding hydrogens is 637 g/mol. The van der Waals surface area contributed by atoms with Gasteiger partial charge >= 0.3 is 0 Å². The first-order valence-electron chi connectivity index (χ1n) is 14.9. The smallest absolute Gasteiger partial charge is 0.270 e. The van der Waals surface area contributed by atoms with Crippen LogP contribution < -0.4 is 11.1 Å². The lowest BCUT2D eigenvalue weighted by Crippen LogP contribution is -2.15. The zero-order chi connectivity index (χ0) is 33.0. The van der Waals surface area contributed by atoms with E-state index >= 15 is 0 Å². The van der Waals surface area contributed by atoms with Crippen LogP contribution in [0.1, 0.15) is 22.3 Å². The molecule has 0 atom stereocenters. The van der Waals surface area contributed by atoms with E-state index in [0.29, 0.717) is 33.2 Å². The van der Waals surface area contributed by atoms with Crippen molar-refractivity contribution >= 4 is 45.1 Å². The van der Waals surface area contributed by atoms with E-state index in [1.807, 2.05) is 121 Å². The van der Waals surface area contributed by atoms with Gasteiger partial charge in [-0.2, -0.15) is 10.5 Å². The van der Waals surface area contributed by atoms with Gasteiger partial charge in [0.15, 0.2) is 10.3 Å². The molecule has 230 valence electrons. The number of H-pyrrole nitrogens is 2. The highest BCUT2D eigenvalue weighted by Gasteiger charge is 2.17. The Morgan fingerprint density at radius 3 is 1.35 bits per heavy atom. The van der Waals surface area contributed by atoms with Gasteiger partial charge in [-0.25, -0.2) is 9.97 Å². The second kappa shape index (κ2) is 13.4. The quantitative estimate of drug-likeness (QED) is 0.124. The predicted molar refractivity (Wildman–Crippen MR) is 191 cm³/mol. The summed E-state index contributed by atoms with van der Waals surface area (Å²) < 4.78 is 0. The summed E-state index contributed by atoms with van der Waals surface area (Å²) in [7, 11) is 0. The van der Waals surface area contributed by atoms with E-state index in [-0.39, 0.29) is 11.1 Å². The standard InChI is InChI=1S/C38H24N6O2S2/c39-19-31-33(29-13-5-9-25-7-1-3-11-27(25)29)41-37(43-35(31)45)47-21-23-15-17-24(18-16-23)22-48-38-42-34(32(20-40)36(46)44-38)30-14-6-10-26-8-2-4-12-28(26)30/h1-18H,21-22H2,(H,41,43,45)(H,42,44,46). The minimum atomic E-state index is -0.469. The monoisotopic (exact) mass is 660 g/mol. The summed E-state index contributed by atoms with van der Waals surface area (Å²) in [5, 5.41) is 24.2. The van der Waals surface area contributed by atoms with E-state index < -0.39 is 11.1 Å². The summed E-state index contributed by atoms with van der Waals surface area (Å²) in [6.07, 6.45) is 0. The maximum Gasteiger partial charge on any atom is 0.270 e. The Labute approximate surface area is 283 Å². The molecule has 2 heterocycles. The predicted octanol–water partition coefficient (Wildman–Crippen LogP) is 7.82. The second-order valence-electron chi connectivity index (χ2n) is 10.9. The molecule has 10 heteroatoms. The molecule has 2 aromatic heterocycles. The van der Waals surface area contributed by atoms with Crippen molar-refractivity contribution in [1.82, 2.24) is 19.9 Å². The van der Waals surface area contributed by atoms with Crippen LogP contribution in [0.25, 0.3) is 44.1 Å². The zero-order valence-corrected chi connectivity index (χ0v) is 26.9. The minimum absolute atomic E-state index is 0.0140. The van der Waals surface area contributed by atoms with Gasteiger partial charge < -0.3 is 9.97 Å². The van der Waals surface area contributed by atoms with Gasteiger partial charge in [0, 0.05) is 22.6 Å². The summed E-state index contributed by atoms with van der Waals surface area (Å²) in [6, 6.07) is 39.2. The van der Waals surface area contributed by atoms with Gasteiger partial charge in [-0.05, 0) is 32.7 Å². The van der Waals surface area contributed by atoms with Crippen molar-refractivity contribution in [2.75, 3.05) is 0 Å². The van der Waals surface area contributed by atoms with Crippen LogP contribution in [-0.2, 0) is 11.5 Å².